The fraction of sp³-hybridized carbons (Fsp3) is 0.786. The number of fused-ring (bicyclic) bond motifs is 5. The molecule has 2 saturated carbocycles. The second-order valence-electron chi connectivity index (χ2n) is 12.4. The number of halogens is 3. The van der Waals surface area contributed by atoms with Crippen molar-refractivity contribution in [2.75, 3.05) is 20.3 Å². The van der Waals surface area contributed by atoms with Gasteiger partial charge in [0.2, 0.25) is 0 Å². The summed E-state index contributed by atoms with van der Waals surface area (Å²) in [7, 11) is 1.51. The highest BCUT2D eigenvalue weighted by Gasteiger charge is 2.61. The zero-order valence-electron chi connectivity index (χ0n) is 21.4. The summed E-state index contributed by atoms with van der Waals surface area (Å²) in [5, 5.41) is 11.8. The Kier molecular flexibility index (Phi) is 6.83. The maximum Gasteiger partial charge on any atom is 0.419 e. The molecule has 0 heterocycles. The third-order valence-corrected chi connectivity index (χ3v) is 9.29. The summed E-state index contributed by atoms with van der Waals surface area (Å²) in [4.78, 5) is 0. The van der Waals surface area contributed by atoms with Crippen LogP contribution in [0.15, 0.2) is 12.1 Å². The molecular formula is C28H41F3O3. The van der Waals surface area contributed by atoms with Gasteiger partial charge in [0.25, 0.3) is 0 Å². The Balaban J connectivity index is 1.62. The molecule has 6 heteroatoms. The average molecular weight is 483 g/mol. The van der Waals surface area contributed by atoms with E-state index in [-0.39, 0.29) is 35.7 Å². The molecule has 1 aromatic rings. The second-order valence-corrected chi connectivity index (χ2v) is 12.4. The maximum atomic E-state index is 14.0. The first-order chi connectivity index (χ1) is 15.8. The fourth-order valence-corrected chi connectivity index (χ4v) is 7.28. The van der Waals surface area contributed by atoms with Crippen molar-refractivity contribution in [1.29, 1.82) is 0 Å². The van der Waals surface area contributed by atoms with Crippen LogP contribution in [0.1, 0.15) is 95.2 Å². The number of alkyl halides is 3. The molecule has 0 aromatic heterocycles. The molecule has 0 saturated heterocycles. The standard InChI is InChI=1S/C28H41F3O3/c1-25(2,3)12-13-27(32)11-9-22-20-7-6-18-16-24(34-15-14-33-5)23(28(29,30)31)17-21(18)19(20)8-10-26(22,27)4/h16-17,19-20,22,32H,6-15H2,1-5H3. The molecular weight excluding hydrogens is 441 g/mol. The van der Waals surface area contributed by atoms with Crippen LogP contribution in [0, 0.1) is 22.7 Å². The van der Waals surface area contributed by atoms with E-state index in [9.17, 15) is 18.3 Å². The van der Waals surface area contributed by atoms with Crippen LogP contribution in [-0.2, 0) is 17.3 Å². The second kappa shape index (κ2) is 8.99. The summed E-state index contributed by atoms with van der Waals surface area (Å²) in [6.07, 6.45) is 2.53. The molecule has 1 N–H and O–H groups in total. The minimum atomic E-state index is -4.46. The van der Waals surface area contributed by atoms with Crippen molar-refractivity contribution in [2.24, 2.45) is 22.7 Å². The molecule has 0 bridgehead atoms. The third-order valence-electron chi connectivity index (χ3n) is 9.29. The van der Waals surface area contributed by atoms with Crippen molar-refractivity contribution < 1.29 is 27.8 Å². The lowest BCUT2D eigenvalue weighted by atomic mass is 9.52. The van der Waals surface area contributed by atoms with Crippen molar-refractivity contribution in [3.63, 3.8) is 0 Å². The van der Waals surface area contributed by atoms with Crippen LogP contribution in [0.2, 0.25) is 0 Å². The normalized spacial score (nSPS) is 33.3. The molecule has 2 fully saturated rings. The van der Waals surface area contributed by atoms with Gasteiger partial charge in [-0.05, 0) is 103 Å². The van der Waals surface area contributed by atoms with E-state index < -0.39 is 17.3 Å². The zero-order chi connectivity index (χ0) is 24.9. The average Bonchev–Trinajstić information content (AvgIpc) is 3.02. The molecule has 5 unspecified atom stereocenters. The molecule has 3 aliphatic carbocycles. The van der Waals surface area contributed by atoms with Crippen LogP contribution < -0.4 is 4.74 Å². The van der Waals surface area contributed by atoms with Crippen molar-refractivity contribution in [3.8, 4) is 5.75 Å². The number of hydrogen-bond acceptors (Lipinski definition) is 3. The summed E-state index contributed by atoms with van der Waals surface area (Å²) in [6.45, 7) is 9.24. The number of aliphatic hydroxyl groups is 1. The molecule has 1 aromatic carbocycles. The number of ether oxygens (including phenoxy) is 2. The third kappa shape index (κ3) is 4.61. The van der Waals surface area contributed by atoms with Gasteiger partial charge in [0.05, 0.1) is 17.8 Å². The van der Waals surface area contributed by atoms with Crippen molar-refractivity contribution >= 4 is 0 Å². The summed E-state index contributed by atoms with van der Waals surface area (Å²) in [5.41, 5.74) is 0.507. The first-order valence-corrected chi connectivity index (χ1v) is 12.9. The lowest BCUT2D eigenvalue weighted by Gasteiger charge is -2.53. The van der Waals surface area contributed by atoms with Gasteiger partial charge in [-0.1, -0.05) is 27.7 Å². The molecule has 0 aliphatic heterocycles. The Morgan fingerprint density at radius 2 is 1.79 bits per heavy atom. The van der Waals surface area contributed by atoms with E-state index in [1.165, 1.54) is 13.2 Å². The minimum Gasteiger partial charge on any atom is -0.491 e. The number of hydrogen-bond donors (Lipinski definition) is 1. The topological polar surface area (TPSA) is 38.7 Å². The van der Waals surface area contributed by atoms with Crippen molar-refractivity contribution in [2.45, 2.75) is 96.8 Å². The SMILES string of the molecule is COCCOc1cc2c(cc1C(F)(F)F)C1CCC3(C)C(CCC3(O)CCC(C)(C)C)C1CC2. The maximum absolute atomic E-state index is 14.0. The van der Waals surface area contributed by atoms with Crippen LogP contribution >= 0.6 is 0 Å². The summed E-state index contributed by atoms with van der Waals surface area (Å²) < 4.78 is 52.3. The highest BCUT2D eigenvalue weighted by molar-refractivity contribution is 5.47. The Morgan fingerprint density at radius 3 is 2.44 bits per heavy atom. The summed E-state index contributed by atoms with van der Waals surface area (Å²) in [6, 6.07) is 3.00. The van der Waals surface area contributed by atoms with E-state index in [1.54, 1.807) is 6.07 Å². The molecule has 0 radical (unpaired) electrons. The van der Waals surface area contributed by atoms with Gasteiger partial charge in [0.1, 0.15) is 12.4 Å². The highest BCUT2D eigenvalue weighted by atomic mass is 19.4. The van der Waals surface area contributed by atoms with Crippen molar-refractivity contribution in [3.05, 3.63) is 28.8 Å². The van der Waals surface area contributed by atoms with E-state index in [4.69, 9.17) is 9.47 Å². The van der Waals surface area contributed by atoms with Gasteiger partial charge in [0.15, 0.2) is 0 Å². The number of rotatable bonds is 6. The number of benzene rings is 1. The van der Waals surface area contributed by atoms with Gasteiger partial charge in [-0.3, -0.25) is 0 Å². The predicted octanol–water partition coefficient (Wildman–Crippen LogP) is 7.14. The van der Waals surface area contributed by atoms with Gasteiger partial charge in [-0.25, -0.2) is 0 Å². The minimum absolute atomic E-state index is 0.0835. The molecule has 5 atom stereocenters. The largest absolute Gasteiger partial charge is 0.491 e. The van der Waals surface area contributed by atoms with Crippen molar-refractivity contribution in [1.82, 2.24) is 0 Å². The molecule has 192 valence electrons. The number of methoxy groups -OCH3 is 1. The molecule has 4 rings (SSSR count). The predicted molar refractivity (Wildman–Crippen MR) is 127 cm³/mol. The quantitative estimate of drug-likeness (QED) is 0.438. The molecule has 0 amide bonds. The Labute approximate surface area is 202 Å². The van der Waals surface area contributed by atoms with E-state index in [2.05, 4.69) is 27.7 Å². The Hall–Kier alpha value is -1.27. The van der Waals surface area contributed by atoms with E-state index in [0.717, 1.165) is 62.5 Å². The monoisotopic (exact) mass is 482 g/mol. The van der Waals surface area contributed by atoms with Crippen LogP contribution in [0.4, 0.5) is 13.2 Å². The molecule has 3 nitrogen and oxygen atoms in total. The lowest BCUT2D eigenvalue weighted by Crippen LogP contribution is -2.51. The van der Waals surface area contributed by atoms with Gasteiger partial charge >= 0.3 is 6.18 Å². The Morgan fingerprint density at radius 1 is 1.06 bits per heavy atom. The van der Waals surface area contributed by atoms with Gasteiger partial charge in [0, 0.05) is 7.11 Å². The lowest BCUT2D eigenvalue weighted by molar-refractivity contribution is -0.139. The Bertz CT molecular complexity index is 890. The van der Waals surface area contributed by atoms with E-state index >= 15 is 0 Å². The first kappa shape index (κ1) is 25.8. The molecule has 34 heavy (non-hydrogen) atoms. The summed E-state index contributed by atoms with van der Waals surface area (Å²) >= 11 is 0. The van der Waals surface area contributed by atoms with E-state index in [0.29, 0.717) is 11.8 Å². The van der Waals surface area contributed by atoms with Gasteiger partial charge in [-0.2, -0.15) is 13.2 Å². The molecule has 0 spiro atoms. The summed E-state index contributed by atoms with van der Waals surface area (Å²) in [5.74, 6) is 0.730. The number of aryl methyl sites for hydroxylation is 1. The van der Waals surface area contributed by atoms with Crippen LogP contribution in [0.5, 0.6) is 5.75 Å². The highest BCUT2D eigenvalue weighted by Crippen LogP contribution is 2.65. The molecule has 3 aliphatic rings. The van der Waals surface area contributed by atoms with Gasteiger partial charge in [-0.15, -0.1) is 0 Å². The van der Waals surface area contributed by atoms with Crippen LogP contribution in [0.3, 0.4) is 0 Å². The van der Waals surface area contributed by atoms with Crippen LogP contribution in [0.25, 0.3) is 0 Å². The van der Waals surface area contributed by atoms with E-state index in [1.807, 2.05) is 0 Å². The van der Waals surface area contributed by atoms with Gasteiger partial charge < -0.3 is 14.6 Å². The van der Waals surface area contributed by atoms with Crippen LogP contribution in [-0.4, -0.2) is 31.0 Å². The zero-order valence-corrected chi connectivity index (χ0v) is 21.4. The first-order valence-electron chi connectivity index (χ1n) is 12.9. The fourth-order valence-electron chi connectivity index (χ4n) is 7.28. The smallest absolute Gasteiger partial charge is 0.419 e.